The van der Waals surface area contributed by atoms with E-state index >= 15 is 0 Å². The first-order valence-corrected chi connectivity index (χ1v) is 9.36. The molecular formula is C10H15OPS2. The van der Waals surface area contributed by atoms with Crippen molar-refractivity contribution in [2.24, 2.45) is 0 Å². The van der Waals surface area contributed by atoms with Gasteiger partial charge in [-0.25, -0.2) is 0 Å². The van der Waals surface area contributed by atoms with Gasteiger partial charge < -0.3 is 4.52 Å². The molecule has 0 fully saturated rings. The second kappa shape index (κ2) is 5.79. The summed E-state index contributed by atoms with van der Waals surface area (Å²) in [5.41, 5.74) is -1.68. The maximum Gasteiger partial charge on any atom is 0.164 e. The molecule has 0 bridgehead atoms. The average molecular weight is 246 g/mol. The van der Waals surface area contributed by atoms with Crippen LogP contribution in [0.3, 0.4) is 0 Å². The zero-order valence-electron chi connectivity index (χ0n) is 8.47. The first kappa shape index (κ1) is 12.1. The molecule has 0 saturated heterocycles. The predicted octanol–water partition coefficient (Wildman–Crippen LogP) is 4.15. The Morgan fingerprint density at radius 3 is 2.57 bits per heavy atom. The van der Waals surface area contributed by atoms with Gasteiger partial charge in [-0.1, -0.05) is 36.5 Å². The zero-order chi connectivity index (χ0) is 10.4. The molecule has 0 aliphatic carbocycles. The highest BCUT2D eigenvalue weighted by atomic mass is 32.9. The van der Waals surface area contributed by atoms with Gasteiger partial charge in [0.2, 0.25) is 0 Å². The van der Waals surface area contributed by atoms with Gasteiger partial charge in [0.15, 0.2) is 5.47 Å². The largest absolute Gasteiger partial charge is 0.457 e. The van der Waals surface area contributed by atoms with E-state index in [0.717, 1.165) is 17.9 Å². The van der Waals surface area contributed by atoms with Gasteiger partial charge in [0.1, 0.15) is 5.75 Å². The van der Waals surface area contributed by atoms with Gasteiger partial charge in [-0.2, -0.15) is 0 Å². The highest BCUT2D eigenvalue weighted by Gasteiger charge is 2.11. The molecule has 1 aromatic rings. The van der Waals surface area contributed by atoms with E-state index in [2.05, 4.69) is 6.92 Å². The van der Waals surface area contributed by atoms with Gasteiger partial charge in [0.05, 0.1) is 0 Å². The third kappa shape index (κ3) is 4.50. The Bertz CT molecular complexity index is 313. The van der Waals surface area contributed by atoms with Gasteiger partial charge in [0, 0.05) is 12.4 Å². The van der Waals surface area contributed by atoms with E-state index < -0.39 is 5.47 Å². The molecule has 0 aromatic heterocycles. The minimum absolute atomic E-state index is 0.891. The van der Waals surface area contributed by atoms with Crippen molar-refractivity contribution in [1.29, 1.82) is 0 Å². The molecule has 78 valence electrons. The van der Waals surface area contributed by atoms with E-state index in [0.29, 0.717) is 0 Å². The first-order chi connectivity index (χ1) is 6.64. The van der Waals surface area contributed by atoms with Gasteiger partial charge >= 0.3 is 0 Å². The Kier molecular flexibility index (Phi) is 5.00. The molecule has 0 saturated carbocycles. The average Bonchev–Trinajstić information content (AvgIpc) is 2.16. The van der Waals surface area contributed by atoms with Crippen LogP contribution in [-0.2, 0) is 11.8 Å². The van der Waals surface area contributed by atoms with Crippen LogP contribution in [-0.4, -0.2) is 12.4 Å². The second-order valence-corrected chi connectivity index (χ2v) is 11.0. The van der Waals surface area contributed by atoms with Crippen molar-refractivity contribution < 1.29 is 4.52 Å². The van der Waals surface area contributed by atoms with Crippen molar-refractivity contribution in [3.8, 4) is 5.75 Å². The van der Waals surface area contributed by atoms with Crippen molar-refractivity contribution in [2.75, 3.05) is 12.4 Å². The number of para-hydroxylation sites is 1. The van der Waals surface area contributed by atoms with Crippen molar-refractivity contribution in [3.63, 3.8) is 0 Å². The zero-order valence-corrected chi connectivity index (χ0v) is 11.0. The summed E-state index contributed by atoms with van der Waals surface area (Å²) in [6, 6.07) is 9.82. The van der Waals surface area contributed by atoms with Crippen LogP contribution in [0.2, 0.25) is 0 Å². The molecule has 0 spiro atoms. The molecule has 4 heteroatoms. The molecule has 0 amide bonds. The highest BCUT2D eigenvalue weighted by molar-refractivity contribution is 8.69. The van der Waals surface area contributed by atoms with E-state index in [4.69, 9.17) is 16.3 Å². The number of hydrogen-bond donors (Lipinski definition) is 0. The normalized spacial score (nSPS) is 14.7. The highest BCUT2D eigenvalue weighted by Crippen LogP contribution is 2.56. The maximum absolute atomic E-state index is 5.79. The summed E-state index contributed by atoms with van der Waals surface area (Å²) in [6.07, 6.45) is 1.15. The maximum atomic E-state index is 5.79. The third-order valence-electron chi connectivity index (χ3n) is 1.54. The third-order valence-corrected chi connectivity index (χ3v) is 6.50. The van der Waals surface area contributed by atoms with E-state index in [1.54, 1.807) is 11.4 Å². The number of rotatable bonds is 5. The molecule has 0 N–H and O–H groups in total. The van der Waals surface area contributed by atoms with E-state index in [1.165, 1.54) is 0 Å². The molecule has 0 radical (unpaired) electrons. The first-order valence-electron chi connectivity index (χ1n) is 4.61. The fraction of sp³-hybridized carbons (Fsp3) is 0.400. The Morgan fingerprint density at radius 2 is 2.00 bits per heavy atom. The molecule has 1 nitrogen and oxygen atoms in total. The van der Waals surface area contributed by atoms with Crippen LogP contribution >= 0.6 is 16.8 Å². The quantitative estimate of drug-likeness (QED) is 0.722. The molecule has 14 heavy (non-hydrogen) atoms. The minimum Gasteiger partial charge on any atom is -0.457 e. The monoisotopic (exact) mass is 246 g/mol. The fourth-order valence-corrected chi connectivity index (χ4v) is 4.92. The summed E-state index contributed by atoms with van der Waals surface area (Å²) in [6.45, 7) is 4.19. The lowest BCUT2D eigenvalue weighted by molar-refractivity contribution is 0.630. The molecule has 1 rings (SSSR count). The number of benzene rings is 1. The van der Waals surface area contributed by atoms with Crippen LogP contribution in [0.5, 0.6) is 5.75 Å². The van der Waals surface area contributed by atoms with Gasteiger partial charge in [-0.3, -0.25) is 0 Å². The Labute approximate surface area is 95.1 Å². The molecule has 0 heterocycles. The van der Waals surface area contributed by atoms with E-state index in [-0.39, 0.29) is 0 Å². The summed E-state index contributed by atoms with van der Waals surface area (Å²) >= 11 is 7.22. The van der Waals surface area contributed by atoms with Crippen LogP contribution in [0.1, 0.15) is 13.3 Å². The van der Waals surface area contributed by atoms with Crippen LogP contribution < -0.4 is 4.52 Å². The Morgan fingerprint density at radius 1 is 1.36 bits per heavy atom. The van der Waals surface area contributed by atoms with Crippen molar-refractivity contribution in [2.45, 2.75) is 13.3 Å². The van der Waals surface area contributed by atoms with Crippen LogP contribution in [0.4, 0.5) is 0 Å². The molecule has 0 aliphatic heterocycles. The van der Waals surface area contributed by atoms with Crippen molar-refractivity contribution in [1.82, 2.24) is 0 Å². The van der Waals surface area contributed by atoms with Gasteiger partial charge in [0.25, 0.3) is 0 Å². The van der Waals surface area contributed by atoms with Crippen LogP contribution in [0.25, 0.3) is 0 Å². The van der Waals surface area contributed by atoms with Crippen LogP contribution in [0, 0.1) is 0 Å². The Balaban J connectivity index is 2.55. The summed E-state index contributed by atoms with van der Waals surface area (Å²) in [5, 5.41) is 0. The van der Waals surface area contributed by atoms with E-state index in [9.17, 15) is 0 Å². The fourth-order valence-electron chi connectivity index (χ4n) is 0.956. The summed E-state index contributed by atoms with van der Waals surface area (Å²) in [4.78, 5) is 0. The molecule has 1 aromatic carbocycles. The SMILES string of the molecule is CCCSP(C)(=S)Oc1ccccc1. The molecule has 0 aliphatic rings. The minimum atomic E-state index is -1.68. The second-order valence-electron chi connectivity index (χ2n) is 3.01. The lowest BCUT2D eigenvalue weighted by Gasteiger charge is -2.17. The van der Waals surface area contributed by atoms with Gasteiger partial charge in [-0.15, -0.1) is 0 Å². The lowest BCUT2D eigenvalue weighted by atomic mass is 10.3. The van der Waals surface area contributed by atoms with E-state index in [1.807, 2.05) is 37.0 Å². The van der Waals surface area contributed by atoms with Gasteiger partial charge in [-0.05, 0) is 30.4 Å². The molecule has 1 atom stereocenters. The van der Waals surface area contributed by atoms with Crippen LogP contribution in [0.15, 0.2) is 30.3 Å². The topological polar surface area (TPSA) is 9.23 Å². The number of hydrogen-bond acceptors (Lipinski definition) is 3. The lowest BCUT2D eigenvalue weighted by Crippen LogP contribution is -1.88. The Hall–Kier alpha value is 0.0200. The summed E-state index contributed by atoms with van der Waals surface area (Å²) in [7, 11) is 0. The van der Waals surface area contributed by atoms with Crippen molar-refractivity contribution in [3.05, 3.63) is 30.3 Å². The van der Waals surface area contributed by atoms with Crippen molar-refractivity contribution >= 4 is 28.7 Å². The summed E-state index contributed by atoms with van der Waals surface area (Å²) in [5.74, 6) is 1.97. The molecular weight excluding hydrogens is 231 g/mol. The standard InChI is InChI=1S/C10H15OPS2/c1-3-9-14-12(2,13)11-10-7-5-4-6-8-10/h4-8H,3,9H2,1-2H3. The predicted molar refractivity (Wildman–Crippen MR) is 70.0 cm³/mol. The summed E-state index contributed by atoms with van der Waals surface area (Å²) < 4.78 is 5.79. The molecule has 1 unspecified atom stereocenters. The smallest absolute Gasteiger partial charge is 0.164 e.